The molecule has 0 unspecified atom stereocenters. The van der Waals surface area contributed by atoms with Crippen LogP contribution in [0.5, 0.6) is 0 Å². The Labute approximate surface area is 141 Å². The van der Waals surface area contributed by atoms with Gasteiger partial charge in [-0.2, -0.15) is 10.1 Å². The van der Waals surface area contributed by atoms with Gasteiger partial charge < -0.3 is 9.42 Å². The highest BCUT2D eigenvalue weighted by Crippen LogP contribution is 2.22. The van der Waals surface area contributed by atoms with Gasteiger partial charge in [-0.15, -0.1) is 0 Å². The maximum atomic E-state index is 12.5. The first kappa shape index (κ1) is 16.7. The third-order valence-corrected chi connectivity index (χ3v) is 4.68. The van der Waals surface area contributed by atoms with Crippen LogP contribution in [0.2, 0.25) is 0 Å². The SMILES string of the molecule is CCc1noc(CCC(=O)N2CCC[C@H](Cc3[nH]ncc3C)C2)n1. The van der Waals surface area contributed by atoms with Gasteiger partial charge in [0.2, 0.25) is 11.8 Å². The minimum absolute atomic E-state index is 0.178. The van der Waals surface area contributed by atoms with Gasteiger partial charge in [0.25, 0.3) is 0 Å². The van der Waals surface area contributed by atoms with Crippen LogP contribution in [-0.4, -0.2) is 44.2 Å². The zero-order chi connectivity index (χ0) is 16.9. The molecule has 2 aromatic heterocycles. The molecule has 1 aliphatic rings. The molecule has 2 aromatic rings. The predicted molar refractivity (Wildman–Crippen MR) is 88.3 cm³/mol. The lowest BCUT2D eigenvalue weighted by Gasteiger charge is -2.32. The maximum absolute atomic E-state index is 12.5. The van der Waals surface area contributed by atoms with Crippen molar-refractivity contribution in [2.75, 3.05) is 13.1 Å². The summed E-state index contributed by atoms with van der Waals surface area (Å²) in [7, 11) is 0. The zero-order valence-corrected chi connectivity index (χ0v) is 14.4. The van der Waals surface area contributed by atoms with Crippen molar-refractivity contribution in [2.24, 2.45) is 5.92 Å². The molecule has 0 aliphatic carbocycles. The van der Waals surface area contributed by atoms with E-state index in [-0.39, 0.29) is 5.91 Å². The number of carbonyl (C=O) groups excluding carboxylic acids is 1. The molecule has 0 aromatic carbocycles. The molecule has 24 heavy (non-hydrogen) atoms. The predicted octanol–water partition coefficient (Wildman–Crippen LogP) is 2.08. The largest absolute Gasteiger partial charge is 0.342 e. The lowest BCUT2D eigenvalue weighted by atomic mass is 9.92. The van der Waals surface area contributed by atoms with Crippen molar-refractivity contribution in [2.45, 2.75) is 52.4 Å². The molecular formula is C17H25N5O2. The Balaban J connectivity index is 1.50. The fraction of sp³-hybridized carbons (Fsp3) is 0.647. The van der Waals surface area contributed by atoms with Crippen molar-refractivity contribution in [1.82, 2.24) is 25.2 Å². The average Bonchev–Trinajstić information content (AvgIpc) is 3.22. The molecule has 1 fully saturated rings. The van der Waals surface area contributed by atoms with Crippen molar-refractivity contribution in [3.63, 3.8) is 0 Å². The first-order valence-corrected chi connectivity index (χ1v) is 8.73. The summed E-state index contributed by atoms with van der Waals surface area (Å²) in [6.45, 7) is 5.72. The van der Waals surface area contributed by atoms with Gasteiger partial charge in [-0.05, 0) is 37.7 Å². The Bertz CT molecular complexity index is 678. The third-order valence-electron chi connectivity index (χ3n) is 4.68. The van der Waals surface area contributed by atoms with Crippen LogP contribution < -0.4 is 0 Å². The molecule has 3 rings (SSSR count). The van der Waals surface area contributed by atoms with Gasteiger partial charge in [0, 0.05) is 38.0 Å². The summed E-state index contributed by atoms with van der Waals surface area (Å²) in [6.07, 6.45) is 6.73. The molecule has 1 N–H and O–H groups in total. The standard InChI is InChI=1S/C17H25N5O2/c1-3-15-19-16(24-21-15)6-7-17(23)22-8-4-5-13(11-22)9-14-12(2)10-18-20-14/h10,13H,3-9,11H2,1-2H3,(H,18,20)/t13-/m1/s1. The van der Waals surface area contributed by atoms with Crippen molar-refractivity contribution in [3.05, 3.63) is 29.2 Å². The average molecular weight is 331 g/mol. The fourth-order valence-corrected chi connectivity index (χ4v) is 3.23. The van der Waals surface area contributed by atoms with Crippen LogP contribution >= 0.6 is 0 Å². The number of H-pyrrole nitrogens is 1. The number of likely N-dealkylation sites (tertiary alicyclic amines) is 1. The topological polar surface area (TPSA) is 87.9 Å². The van der Waals surface area contributed by atoms with Gasteiger partial charge in [-0.3, -0.25) is 9.89 Å². The molecule has 1 saturated heterocycles. The Morgan fingerprint density at radius 2 is 2.38 bits per heavy atom. The second-order valence-electron chi connectivity index (χ2n) is 6.54. The molecule has 0 spiro atoms. The maximum Gasteiger partial charge on any atom is 0.227 e. The molecule has 7 heteroatoms. The summed E-state index contributed by atoms with van der Waals surface area (Å²) in [5, 5.41) is 11.0. The Morgan fingerprint density at radius 3 is 3.08 bits per heavy atom. The van der Waals surface area contributed by atoms with E-state index >= 15 is 0 Å². The molecule has 0 radical (unpaired) electrons. The molecular weight excluding hydrogens is 306 g/mol. The van der Waals surface area contributed by atoms with E-state index in [9.17, 15) is 4.79 Å². The van der Waals surface area contributed by atoms with Crippen LogP contribution in [0, 0.1) is 12.8 Å². The summed E-state index contributed by atoms with van der Waals surface area (Å²) in [5.74, 6) is 1.93. The number of hydrogen-bond acceptors (Lipinski definition) is 5. The van der Waals surface area contributed by atoms with Gasteiger partial charge in [0.05, 0.1) is 6.20 Å². The second-order valence-corrected chi connectivity index (χ2v) is 6.54. The van der Waals surface area contributed by atoms with Crippen molar-refractivity contribution in [3.8, 4) is 0 Å². The smallest absolute Gasteiger partial charge is 0.227 e. The van der Waals surface area contributed by atoms with Crippen molar-refractivity contribution < 1.29 is 9.32 Å². The highest BCUT2D eigenvalue weighted by molar-refractivity contribution is 5.76. The summed E-state index contributed by atoms with van der Waals surface area (Å²) in [4.78, 5) is 18.7. The number of nitrogens with one attached hydrogen (secondary N) is 1. The first-order valence-electron chi connectivity index (χ1n) is 8.73. The van der Waals surface area contributed by atoms with E-state index in [1.54, 1.807) is 0 Å². The van der Waals surface area contributed by atoms with Crippen LogP contribution in [0.4, 0.5) is 0 Å². The quantitative estimate of drug-likeness (QED) is 0.875. The number of aryl methyl sites for hydroxylation is 3. The number of aromatic amines is 1. The van der Waals surface area contributed by atoms with Gasteiger partial charge >= 0.3 is 0 Å². The van der Waals surface area contributed by atoms with Gasteiger partial charge in [0.1, 0.15) is 0 Å². The van der Waals surface area contributed by atoms with Crippen molar-refractivity contribution in [1.29, 1.82) is 0 Å². The number of rotatable bonds is 6. The first-order chi connectivity index (χ1) is 11.7. The fourth-order valence-electron chi connectivity index (χ4n) is 3.23. The van der Waals surface area contributed by atoms with E-state index in [2.05, 4.69) is 27.3 Å². The summed E-state index contributed by atoms with van der Waals surface area (Å²) < 4.78 is 5.15. The monoisotopic (exact) mass is 331 g/mol. The van der Waals surface area contributed by atoms with E-state index in [1.807, 2.05) is 18.0 Å². The molecule has 1 aliphatic heterocycles. The van der Waals surface area contributed by atoms with E-state index in [4.69, 9.17) is 4.52 Å². The van der Waals surface area contributed by atoms with Crippen LogP contribution in [0.15, 0.2) is 10.7 Å². The highest BCUT2D eigenvalue weighted by Gasteiger charge is 2.24. The number of amides is 1. The van der Waals surface area contributed by atoms with Crippen LogP contribution in [0.1, 0.15) is 49.2 Å². The summed E-state index contributed by atoms with van der Waals surface area (Å²) in [5.41, 5.74) is 2.38. The highest BCUT2D eigenvalue weighted by atomic mass is 16.5. The molecule has 1 amide bonds. The Hall–Kier alpha value is -2.18. The van der Waals surface area contributed by atoms with Crippen LogP contribution in [-0.2, 0) is 24.1 Å². The normalized spacial score (nSPS) is 18.1. The van der Waals surface area contributed by atoms with Crippen LogP contribution in [0.3, 0.4) is 0 Å². The Kier molecular flexibility index (Phi) is 5.27. The van der Waals surface area contributed by atoms with Gasteiger partial charge in [-0.25, -0.2) is 0 Å². The lowest BCUT2D eigenvalue weighted by molar-refractivity contribution is -0.133. The molecule has 7 nitrogen and oxygen atoms in total. The molecule has 130 valence electrons. The summed E-state index contributed by atoms with van der Waals surface area (Å²) in [6, 6.07) is 0. The number of piperidine rings is 1. The summed E-state index contributed by atoms with van der Waals surface area (Å²) >= 11 is 0. The van der Waals surface area contributed by atoms with E-state index in [0.717, 1.165) is 38.8 Å². The minimum atomic E-state index is 0.178. The number of aromatic nitrogens is 4. The molecule has 3 heterocycles. The number of hydrogen-bond donors (Lipinski definition) is 1. The lowest BCUT2D eigenvalue weighted by Crippen LogP contribution is -2.40. The van der Waals surface area contributed by atoms with Crippen LogP contribution in [0.25, 0.3) is 0 Å². The van der Waals surface area contributed by atoms with E-state index in [1.165, 1.54) is 11.3 Å². The van der Waals surface area contributed by atoms with E-state index in [0.29, 0.717) is 30.5 Å². The van der Waals surface area contributed by atoms with Gasteiger partial charge in [0.15, 0.2) is 5.82 Å². The minimum Gasteiger partial charge on any atom is -0.342 e. The molecule has 0 saturated carbocycles. The zero-order valence-electron chi connectivity index (χ0n) is 14.4. The Morgan fingerprint density at radius 1 is 1.50 bits per heavy atom. The third kappa shape index (κ3) is 4.01. The van der Waals surface area contributed by atoms with E-state index < -0.39 is 0 Å². The second kappa shape index (κ2) is 7.59. The number of carbonyl (C=O) groups is 1. The van der Waals surface area contributed by atoms with Crippen molar-refractivity contribution >= 4 is 5.91 Å². The molecule has 1 atom stereocenters. The molecule has 0 bridgehead atoms. The van der Waals surface area contributed by atoms with Gasteiger partial charge in [-0.1, -0.05) is 12.1 Å². The number of nitrogens with zero attached hydrogens (tertiary/aromatic N) is 4.